The van der Waals surface area contributed by atoms with Crippen molar-refractivity contribution in [3.05, 3.63) is 23.9 Å². The minimum Gasteiger partial charge on any atom is -0.481 e. The summed E-state index contributed by atoms with van der Waals surface area (Å²) < 4.78 is 4.96. The van der Waals surface area contributed by atoms with Crippen molar-refractivity contribution in [1.82, 2.24) is 15.3 Å². The third-order valence-corrected chi connectivity index (χ3v) is 2.93. The standard InChI is InChI=1S/C13H16N4O3/c1-17-12(18)6-4-10(16-17)13(19)15-8-9-3-5-11(20-2)14-7-9/h3,5,7H,4,6,8H2,1-2H3,(H,15,19). The molecule has 2 heterocycles. The molecule has 0 bridgehead atoms. The molecule has 1 N–H and O–H groups in total. The molecule has 1 aromatic rings. The predicted molar refractivity (Wildman–Crippen MR) is 72.1 cm³/mol. The number of nitrogens with zero attached hydrogens (tertiary/aromatic N) is 3. The van der Waals surface area contributed by atoms with E-state index in [1.807, 2.05) is 6.07 Å². The van der Waals surface area contributed by atoms with E-state index in [0.717, 1.165) is 5.56 Å². The van der Waals surface area contributed by atoms with Gasteiger partial charge in [-0.3, -0.25) is 9.59 Å². The molecule has 0 saturated carbocycles. The Labute approximate surface area is 116 Å². The van der Waals surface area contributed by atoms with Gasteiger partial charge in [-0.1, -0.05) is 6.07 Å². The van der Waals surface area contributed by atoms with E-state index in [2.05, 4.69) is 15.4 Å². The monoisotopic (exact) mass is 276 g/mol. The number of hydrazone groups is 1. The summed E-state index contributed by atoms with van der Waals surface area (Å²) >= 11 is 0. The number of carbonyl (C=O) groups is 2. The predicted octanol–water partition coefficient (Wildman–Crippen LogP) is 0.315. The van der Waals surface area contributed by atoms with Crippen LogP contribution in [0.1, 0.15) is 18.4 Å². The molecule has 0 saturated heterocycles. The zero-order chi connectivity index (χ0) is 14.5. The topological polar surface area (TPSA) is 83.9 Å². The van der Waals surface area contributed by atoms with E-state index in [0.29, 0.717) is 31.0 Å². The van der Waals surface area contributed by atoms with E-state index in [9.17, 15) is 9.59 Å². The van der Waals surface area contributed by atoms with E-state index in [1.54, 1.807) is 26.4 Å². The van der Waals surface area contributed by atoms with Crippen molar-refractivity contribution >= 4 is 17.5 Å². The summed E-state index contributed by atoms with van der Waals surface area (Å²) in [5, 5.41) is 7.91. The van der Waals surface area contributed by atoms with Crippen molar-refractivity contribution < 1.29 is 14.3 Å². The van der Waals surface area contributed by atoms with Gasteiger partial charge in [0.2, 0.25) is 11.8 Å². The first kappa shape index (κ1) is 14.0. The van der Waals surface area contributed by atoms with Crippen LogP contribution in [-0.2, 0) is 16.1 Å². The molecule has 7 nitrogen and oxygen atoms in total. The van der Waals surface area contributed by atoms with Crippen molar-refractivity contribution in [1.29, 1.82) is 0 Å². The van der Waals surface area contributed by atoms with Crippen LogP contribution in [0.5, 0.6) is 5.88 Å². The first-order valence-electron chi connectivity index (χ1n) is 6.21. The van der Waals surface area contributed by atoms with Crippen LogP contribution in [0.2, 0.25) is 0 Å². The van der Waals surface area contributed by atoms with Crippen LogP contribution in [-0.4, -0.2) is 41.7 Å². The highest BCUT2D eigenvalue weighted by Crippen LogP contribution is 2.08. The van der Waals surface area contributed by atoms with Gasteiger partial charge in [-0.2, -0.15) is 5.10 Å². The van der Waals surface area contributed by atoms with Gasteiger partial charge in [-0.25, -0.2) is 9.99 Å². The average molecular weight is 276 g/mol. The number of carbonyl (C=O) groups excluding carboxylic acids is 2. The summed E-state index contributed by atoms with van der Waals surface area (Å²) in [6.45, 7) is 0.354. The van der Waals surface area contributed by atoms with E-state index < -0.39 is 0 Å². The Morgan fingerprint density at radius 3 is 2.85 bits per heavy atom. The van der Waals surface area contributed by atoms with Crippen LogP contribution in [0.25, 0.3) is 0 Å². The number of pyridine rings is 1. The number of hydrogen-bond donors (Lipinski definition) is 1. The second-order valence-corrected chi connectivity index (χ2v) is 4.36. The summed E-state index contributed by atoms with van der Waals surface area (Å²) in [7, 11) is 3.09. The Kier molecular flexibility index (Phi) is 4.29. The molecule has 0 atom stereocenters. The Hall–Kier alpha value is -2.44. The van der Waals surface area contributed by atoms with Gasteiger partial charge < -0.3 is 10.1 Å². The van der Waals surface area contributed by atoms with E-state index in [1.165, 1.54) is 5.01 Å². The maximum absolute atomic E-state index is 11.9. The number of nitrogens with one attached hydrogen (secondary N) is 1. The molecule has 2 amide bonds. The van der Waals surface area contributed by atoms with Crippen molar-refractivity contribution in [2.75, 3.05) is 14.2 Å². The van der Waals surface area contributed by atoms with Crippen LogP contribution in [0.4, 0.5) is 0 Å². The molecule has 1 aliphatic rings. The number of hydrogen-bond acceptors (Lipinski definition) is 5. The van der Waals surface area contributed by atoms with Gasteiger partial charge in [0.15, 0.2) is 0 Å². The van der Waals surface area contributed by atoms with E-state index >= 15 is 0 Å². The van der Waals surface area contributed by atoms with Crippen LogP contribution in [0.15, 0.2) is 23.4 Å². The maximum Gasteiger partial charge on any atom is 0.267 e. The lowest BCUT2D eigenvalue weighted by Gasteiger charge is -2.18. The van der Waals surface area contributed by atoms with Crippen molar-refractivity contribution in [2.24, 2.45) is 5.10 Å². The summed E-state index contributed by atoms with van der Waals surface area (Å²) in [4.78, 5) is 27.2. The van der Waals surface area contributed by atoms with Gasteiger partial charge >= 0.3 is 0 Å². The number of rotatable bonds is 4. The fourth-order valence-corrected chi connectivity index (χ4v) is 1.75. The SMILES string of the molecule is COc1ccc(CNC(=O)C2=NN(C)C(=O)CC2)cn1. The lowest BCUT2D eigenvalue weighted by molar-refractivity contribution is -0.130. The summed E-state index contributed by atoms with van der Waals surface area (Å²) in [5.41, 5.74) is 1.23. The molecular weight excluding hydrogens is 260 g/mol. The molecule has 0 aliphatic carbocycles. The lowest BCUT2D eigenvalue weighted by atomic mass is 10.1. The van der Waals surface area contributed by atoms with Crippen LogP contribution >= 0.6 is 0 Å². The number of ether oxygens (including phenoxy) is 1. The van der Waals surface area contributed by atoms with Crippen LogP contribution in [0, 0.1) is 0 Å². The summed E-state index contributed by atoms with van der Waals surface area (Å²) in [6.07, 6.45) is 2.32. The fourth-order valence-electron chi connectivity index (χ4n) is 1.75. The molecule has 0 aromatic carbocycles. The molecule has 7 heteroatoms. The number of aromatic nitrogens is 1. The summed E-state index contributed by atoms with van der Waals surface area (Å²) in [5.74, 6) is 0.179. The Morgan fingerprint density at radius 2 is 2.25 bits per heavy atom. The van der Waals surface area contributed by atoms with Gasteiger partial charge in [-0.05, 0) is 5.56 Å². The fraction of sp³-hybridized carbons (Fsp3) is 0.385. The molecular formula is C13H16N4O3. The van der Waals surface area contributed by atoms with Gasteiger partial charge in [0.25, 0.3) is 5.91 Å². The molecule has 20 heavy (non-hydrogen) atoms. The molecule has 2 rings (SSSR count). The van der Waals surface area contributed by atoms with Crippen LogP contribution < -0.4 is 10.1 Å². The third-order valence-electron chi connectivity index (χ3n) is 2.93. The second kappa shape index (κ2) is 6.14. The Bertz CT molecular complexity index is 539. The summed E-state index contributed by atoms with van der Waals surface area (Å²) in [6, 6.07) is 3.55. The zero-order valence-electron chi connectivity index (χ0n) is 11.4. The Balaban J connectivity index is 1.91. The zero-order valence-corrected chi connectivity index (χ0v) is 11.4. The third kappa shape index (κ3) is 3.31. The second-order valence-electron chi connectivity index (χ2n) is 4.36. The maximum atomic E-state index is 11.9. The normalized spacial score (nSPS) is 14.8. The van der Waals surface area contributed by atoms with Crippen molar-refractivity contribution in [2.45, 2.75) is 19.4 Å². The minimum absolute atomic E-state index is 0.0825. The smallest absolute Gasteiger partial charge is 0.267 e. The Morgan fingerprint density at radius 1 is 1.45 bits per heavy atom. The van der Waals surface area contributed by atoms with E-state index in [-0.39, 0.29) is 11.8 Å². The number of amides is 2. The average Bonchev–Trinajstić information content (AvgIpc) is 2.48. The highest BCUT2D eigenvalue weighted by atomic mass is 16.5. The van der Waals surface area contributed by atoms with Crippen molar-refractivity contribution in [3.63, 3.8) is 0 Å². The molecule has 0 spiro atoms. The molecule has 1 aliphatic heterocycles. The first-order chi connectivity index (χ1) is 9.60. The molecule has 0 unspecified atom stereocenters. The molecule has 1 aromatic heterocycles. The number of methoxy groups -OCH3 is 1. The van der Waals surface area contributed by atoms with Gasteiger partial charge in [0.1, 0.15) is 5.71 Å². The van der Waals surface area contributed by atoms with E-state index in [4.69, 9.17) is 4.74 Å². The van der Waals surface area contributed by atoms with Gasteiger partial charge in [0, 0.05) is 38.7 Å². The molecule has 0 fully saturated rings. The highest BCUT2D eigenvalue weighted by molar-refractivity contribution is 6.39. The largest absolute Gasteiger partial charge is 0.481 e. The molecule has 106 valence electrons. The lowest BCUT2D eigenvalue weighted by Crippen LogP contribution is -2.37. The first-order valence-corrected chi connectivity index (χ1v) is 6.21. The highest BCUT2D eigenvalue weighted by Gasteiger charge is 2.21. The minimum atomic E-state index is -0.264. The quantitative estimate of drug-likeness (QED) is 0.858. The molecule has 0 radical (unpaired) electrons. The van der Waals surface area contributed by atoms with Crippen LogP contribution in [0.3, 0.4) is 0 Å². The van der Waals surface area contributed by atoms with Gasteiger partial charge in [-0.15, -0.1) is 0 Å². The van der Waals surface area contributed by atoms with Gasteiger partial charge in [0.05, 0.1) is 7.11 Å². The van der Waals surface area contributed by atoms with Crippen molar-refractivity contribution in [3.8, 4) is 5.88 Å².